The highest BCUT2D eigenvalue weighted by Gasteiger charge is 2.38. The van der Waals surface area contributed by atoms with Gasteiger partial charge in [0.2, 0.25) is 5.28 Å². The zero-order valence-electron chi connectivity index (χ0n) is 13.4. The van der Waals surface area contributed by atoms with Gasteiger partial charge >= 0.3 is 12.1 Å². The van der Waals surface area contributed by atoms with Crippen molar-refractivity contribution in [2.45, 2.75) is 26.6 Å². The monoisotopic (exact) mass is 391 g/mol. The number of imidazole rings is 2. The second kappa shape index (κ2) is 7.56. The first-order chi connectivity index (χ1) is 12.1. The Hall–Kier alpha value is -2.89. The number of hydrogen-bond donors (Lipinski definition) is 4. The molecule has 0 spiro atoms. The normalized spacial score (nSPS) is 11.2. The third-order valence-corrected chi connectivity index (χ3v) is 3.20. The summed E-state index contributed by atoms with van der Waals surface area (Å²) in [5.41, 5.74) is 3.25. The molecule has 3 aromatic rings. The molecule has 0 amide bonds. The molecule has 0 aromatic carbocycles. The summed E-state index contributed by atoms with van der Waals surface area (Å²) in [6.07, 6.45) is -3.52. The molecule has 0 aliphatic carbocycles. The number of carboxylic acids is 1. The summed E-state index contributed by atoms with van der Waals surface area (Å²) in [6, 6.07) is 0. The van der Waals surface area contributed by atoms with Gasteiger partial charge < -0.3 is 20.4 Å². The molecule has 0 aliphatic heterocycles. The number of carboxylic acid groups (broad SMARTS) is 1. The Labute approximate surface area is 149 Å². The van der Waals surface area contributed by atoms with Gasteiger partial charge in [0.05, 0.1) is 18.6 Å². The van der Waals surface area contributed by atoms with Crippen LogP contribution in [-0.2, 0) is 11.3 Å². The summed E-state index contributed by atoms with van der Waals surface area (Å²) in [5.74, 6) is -1.25. The van der Waals surface area contributed by atoms with Gasteiger partial charge in [-0.25, -0.2) is 14.8 Å². The summed E-state index contributed by atoms with van der Waals surface area (Å²) in [7, 11) is 0. The van der Waals surface area contributed by atoms with Gasteiger partial charge in [-0.1, -0.05) is 0 Å². The molecule has 0 aliphatic rings. The maximum absolute atomic E-state index is 10.6. The van der Waals surface area contributed by atoms with Crippen molar-refractivity contribution in [3.63, 3.8) is 0 Å². The number of carbonyl (C=O) groups is 1. The largest absolute Gasteiger partial charge is 0.490 e. The quantitative estimate of drug-likeness (QED) is 0.504. The zero-order valence-corrected chi connectivity index (χ0v) is 14.2. The Morgan fingerprint density at radius 1 is 1.31 bits per heavy atom. The summed E-state index contributed by atoms with van der Waals surface area (Å²) < 4.78 is 31.7. The molecule has 13 heteroatoms. The van der Waals surface area contributed by atoms with E-state index in [9.17, 15) is 13.2 Å². The number of fused-ring (bicyclic) bond motifs is 1. The van der Waals surface area contributed by atoms with E-state index in [0.717, 1.165) is 22.7 Å². The molecule has 0 atom stereocenters. The average Bonchev–Trinajstić information content (AvgIpc) is 3.10. The first kappa shape index (κ1) is 19.4. The maximum Gasteiger partial charge on any atom is 0.490 e. The molecule has 3 aromatic heterocycles. The van der Waals surface area contributed by atoms with E-state index in [2.05, 4.69) is 35.2 Å². The SMILES string of the molecule is Cc1nc(CNc2nc(Cl)nc3nc[nH]c23)c(C)[nH]1.O=C(O)C(F)(F)F. The first-order valence-electron chi connectivity index (χ1n) is 7.00. The Kier molecular flexibility index (Phi) is 5.65. The standard InChI is InChI=1S/C11H12ClN7.C2HF3O2/c1-5-7(17-6(2)16-5)3-13-9-8-10(15-4-14-8)19-11(12)18-9;3-2(4,5)1(6)7/h4H,3H2,1-2H3,(H,16,17)(H2,13,14,15,18,19);(H,6,7). The van der Waals surface area contributed by atoms with Gasteiger partial charge in [0.1, 0.15) is 11.3 Å². The number of hydrogen-bond acceptors (Lipinski definition) is 6. The molecular formula is C13H13ClF3N7O2. The van der Waals surface area contributed by atoms with E-state index in [1.165, 1.54) is 0 Å². The van der Waals surface area contributed by atoms with Gasteiger partial charge in [0, 0.05) is 5.69 Å². The van der Waals surface area contributed by atoms with Crippen LogP contribution in [0, 0.1) is 13.8 Å². The first-order valence-corrected chi connectivity index (χ1v) is 7.38. The van der Waals surface area contributed by atoms with Crippen molar-refractivity contribution >= 4 is 34.6 Å². The van der Waals surface area contributed by atoms with Crippen LogP contribution in [0.2, 0.25) is 5.28 Å². The van der Waals surface area contributed by atoms with Crippen LogP contribution in [0.3, 0.4) is 0 Å². The van der Waals surface area contributed by atoms with E-state index in [0.29, 0.717) is 18.0 Å². The number of nitrogens with one attached hydrogen (secondary N) is 3. The lowest BCUT2D eigenvalue weighted by atomic mass is 10.3. The van der Waals surface area contributed by atoms with E-state index >= 15 is 0 Å². The molecule has 0 unspecified atom stereocenters. The lowest BCUT2D eigenvalue weighted by Gasteiger charge is -2.05. The number of nitrogens with zero attached hydrogens (tertiary/aromatic N) is 4. The van der Waals surface area contributed by atoms with Crippen molar-refractivity contribution in [1.82, 2.24) is 29.9 Å². The Morgan fingerprint density at radius 2 is 1.96 bits per heavy atom. The molecule has 9 nitrogen and oxygen atoms in total. The molecule has 0 fully saturated rings. The lowest BCUT2D eigenvalue weighted by molar-refractivity contribution is -0.192. The average molecular weight is 392 g/mol. The van der Waals surface area contributed by atoms with Gasteiger partial charge in [0.15, 0.2) is 11.5 Å². The van der Waals surface area contributed by atoms with Crippen molar-refractivity contribution in [2.24, 2.45) is 0 Å². The van der Waals surface area contributed by atoms with Crippen molar-refractivity contribution in [3.8, 4) is 0 Å². The fourth-order valence-electron chi connectivity index (χ4n) is 1.93. The van der Waals surface area contributed by atoms with Crippen LogP contribution in [0.1, 0.15) is 17.2 Å². The van der Waals surface area contributed by atoms with E-state index in [1.807, 2.05) is 13.8 Å². The predicted octanol–water partition coefficient (Wildman–Crippen LogP) is 2.59. The third-order valence-electron chi connectivity index (χ3n) is 3.03. The highest BCUT2D eigenvalue weighted by Crippen LogP contribution is 2.19. The summed E-state index contributed by atoms with van der Waals surface area (Å²) in [6.45, 7) is 4.46. The highest BCUT2D eigenvalue weighted by molar-refractivity contribution is 6.28. The van der Waals surface area contributed by atoms with Gasteiger partial charge in [-0.05, 0) is 25.4 Å². The van der Waals surface area contributed by atoms with Crippen LogP contribution in [0.25, 0.3) is 11.2 Å². The van der Waals surface area contributed by atoms with Crippen LogP contribution < -0.4 is 5.32 Å². The smallest absolute Gasteiger partial charge is 0.475 e. The molecule has 0 saturated carbocycles. The molecule has 3 heterocycles. The Balaban J connectivity index is 0.000000298. The number of rotatable bonds is 3. The minimum Gasteiger partial charge on any atom is -0.475 e. The molecule has 26 heavy (non-hydrogen) atoms. The van der Waals surface area contributed by atoms with Crippen molar-refractivity contribution in [2.75, 3.05) is 5.32 Å². The predicted molar refractivity (Wildman–Crippen MR) is 85.8 cm³/mol. The molecule has 4 N–H and O–H groups in total. The van der Waals surface area contributed by atoms with Crippen LogP contribution in [0.5, 0.6) is 0 Å². The van der Waals surface area contributed by atoms with Crippen LogP contribution >= 0.6 is 11.6 Å². The number of H-pyrrole nitrogens is 2. The highest BCUT2D eigenvalue weighted by atomic mass is 35.5. The third kappa shape index (κ3) is 4.81. The number of aromatic nitrogens is 6. The number of anilines is 1. The zero-order chi connectivity index (χ0) is 19.5. The second-order valence-electron chi connectivity index (χ2n) is 4.99. The number of halogens is 4. The minimum absolute atomic E-state index is 0.164. The molecule has 0 saturated heterocycles. The lowest BCUT2D eigenvalue weighted by Crippen LogP contribution is -2.21. The Bertz CT molecular complexity index is 922. The summed E-state index contributed by atoms with van der Waals surface area (Å²) in [5, 5.41) is 10.5. The van der Waals surface area contributed by atoms with Crippen LogP contribution in [-0.4, -0.2) is 47.2 Å². The number of alkyl halides is 3. The topological polar surface area (TPSA) is 132 Å². The van der Waals surface area contributed by atoms with Crippen molar-refractivity contribution in [3.05, 3.63) is 28.8 Å². The fourth-order valence-corrected chi connectivity index (χ4v) is 2.10. The number of aliphatic carboxylic acids is 1. The van der Waals surface area contributed by atoms with Gasteiger partial charge in [-0.15, -0.1) is 0 Å². The second-order valence-corrected chi connectivity index (χ2v) is 5.33. The van der Waals surface area contributed by atoms with Crippen LogP contribution in [0.4, 0.5) is 19.0 Å². The van der Waals surface area contributed by atoms with Gasteiger partial charge in [-0.3, -0.25) is 0 Å². The molecular weight excluding hydrogens is 379 g/mol. The number of aryl methyl sites for hydroxylation is 2. The minimum atomic E-state index is -5.08. The van der Waals surface area contributed by atoms with Crippen molar-refractivity contribution < 1.29 is 23.1 Å². The number of aromatic amines is 2. The summed E-state index contributed by atoms with van der Waals surface area (Å²) in [4.78, 5) is 31.7. The van der Waals surface area contributed by atoms with E-state index in [-0.39, 0.29) is 5.28 Å². The molecule has 0 radical (unpaired) electrons. The molecule has 3 rings (SSSR count). The van der Waals surface area contributed by atoms with E-state index < -0.39 is 12.1 Å². The molecule has 0 bridgehead atoms. The van der Waals surface area contributed by atoms with Gasteiger partial charge in [0.25, 0.3) is 0 Å². The van der Waals surface area contributed by atoms with Crippen LogP contribution in [0.15, 0.2) is 6.33 Å². The van der Waals surface area contributed by atoms with Gasteiger partial charge in [-0.2, -0.15) is 23.1 Å². The fraction of sp³-hybridized carbons (Fsp3) is 0.308. The maximum atomic E-state index is 10.6. The summed E-state index contributed by atoms with van der Waals surface area (Å²) >= 11 is 5.86. The van der Waals surface area contributed by atoms with E-state index in [4.69, 9.17) is 21.5 Å². The van der Waals surface area contributed by atoms with Crippen molar-refractivity contribution in [1.29, 1.82) is 0 Å². The van der Waals surface area contributed by atoms with E-state index in [1.54, 1.807) is 6.33 Å². The Morgan fingerprint density at radius 3 is 2.50 bits per heavy atom. The molecule has 140 valence electrons.